The highest BCUT2D eigenvalue weighted by molar-refractivity contribution is 6.21. The molecule has 3 amide bonds. The Morgan fingerprint density at radius 1 is 1.00 bits per heavy atom. The van der Waals surface area contributed by atoms with Gasteiger partial charge in [-0.25, -0.2) is 0 Å². The maximum atomic E-state index is 12.5. The number of pyridine rings is 1. The van der Waals surface area contributed by atoms with Crippen LogP contribution in [0.15, 0.2) is 42.6 Å². The van der Waals surface area contributed by atoms with Gasteiger partial charge in [-0.2, -0.15) is 0 Å². The van der Waals surface area contributed by atoms with E-state index in [9.17, 15) is 24.5 Å². The fourth-order valence-electron chi connectivity index (χ4n) is 3.88. The van der Waals surface area contributed by atoms with E-state index in [0.717, 1.165) is 5.69 Å². The lowest BCUT2D eigenvalue weighted by Gasteiger charge is -2.35. The van der Waals surface area contributed by atoms with E-state index in [1.807, 2.05) is 4.90 Å². The first-order chi connectivity index (χ1) is 15.0. The molecule has 0 aliphatic carbocycles. The predicted octanol–water partition coefficient (Wildman–Crippen LogP) is 1.71. The monoisotopic (exact) mass is 423 g/mol. The van der Waals surface area contributed by atoms with Gasteiger partial charge in [-0.05, 0) is 34.5 Å². The summed E-state index contributed by atoms with van der Waals surface area (Å²) in [6.07, 6.45) is 2.14. The van der Waals surface area contributed by atoms with Gasteiger partial charge in [0.15, 0.2) is 6.20 Å². The summed E-state index contributed by atoms with van der Waals surface area (Å²) in [5.74, 6) is -0.828. The number of hydrogen-bond donors (Lipinski definition) is 0. The third-order valence-corrected chi connectivity index (χ3v) is 5.57. The lowest BCUT2D eigenvalue weighted by molar-refractivity contribution is -0.389. The number of aromatic nitrogens is 1. The molecule has 0 bridgehead atoms. The number of anilines is 1. The SMILES string of the molecule is O=C(CCCN1C(=O)c2ccccc2C1=O)N1CCN(c2ccc([N+](=O)[O-])nc2)CC1. The van der Waals surface area contributed by atoms with Crippen molar-refractivity contribution in [2.45, 2.75) is 12.8 Å². The molecule has 3 heterocycles. The maximum absolute atomic E-state index is 12.5. The minimum absolute atomic E-state index is 0.0157. The molecule has 0 N–H and O–H groups in total. The molecule has 0 spiro atoms. The molecule has 4 rings (SSSR count). The van der Waals surface area contributed by atoms with E-state index >= 15 is 0 Å². The quantitative estimate of drug-likeness (QED) is 0.394. The summed E-state index contributed by atoms with van der Waals surface area (Å²) in [7, 11) is 0. The molecule has 1 fully saturated rings. The third-order valence-electron chi connectivity index (χ3n) is 5.57. The van der Waals surface area contributed by atoms with Crippen molar-refractivity contribution in [3.05, 3.63) is 63.8 Å². The number of hydrogen-bond acceptors (Lipinski definition) is 7. The smallest absolute Gasteiger partial charge is 0.363 e. The second kappa shape index (κ2) is 8.50. The summed E-state index contributed by atoms with van der Waals surface area (Å²) in [4.78, 5) is 56.3. The van der Waals surface area contributed by atoms with Gasteiger partial charge in [0.1, 0.15) is 0 Å². The van der Waals surface area contributed by atoms with Crippen molar-refractivity contribution in [3.8, 4) is 0 Å². The molecule has 0 saturated carbocycles. The van der Waals surface area contributed by atoms with Gasteiger partial charge >= 0.3 is 5.82 Å². The molecule has 2 aliphatic heterocycles. The maximum Gasteiger partial charge on any atom is 0.363 e. The highest BCUT2D eigenvalue weighted by atomic mass is 16.6. The summed E-state index contributed by atoms with van der Waals surface area (Å²) in [6.45, 7) is 2.48. The highest BCUT2D eigenvalue weighted by Gasteiger charge is 2.34. The Bertz CT molecular complexity index is 996. The molecule has 1 saturated heterocycles. The molecular formula is C21H21N5O5. The third kappa shape index (κ3) is 4.09. The molecule has 0 unspecified atom stereocenters. The normalized spacial score (nSPS) is 15.9. The van der Waals surface area contributed by atoms with E-state index in [1.165, 1.54) is 17.2 Å². The first kappa shape index (κ1) is 20.5. The number of rotatable bonds is 6. The summed E-state index contributed by atoms with van der Waals surface area (Å²) < 4.78 is 0. The van der Waals surface area contributed by atoms with Crippen LogP contribution in [0.1, 0.15) is 33.6 Å². The Kier molecular flexibility index (Phi) is 5.61. The van der Waals surface area contributed by atoms with E-state index in [0.29, 0.717) is 43.7 Å². The van der Waals surface area contributed by atoms with Crippen molar-refractivity contribution < 1.29 is 19.3 Å². The van der Waals surface area contributed by atoms with Crippen LogP contribution in [0.25, 0.3) is 0 Å². The predicted molar refractivity (Wildman–Crippen MR) is 111 cm³/mol. The second-order valence-electron chi connectivity index (χ2n) is 7.41. The van der Waals surface area contributed by atoms with E-state index in [-0.39, 0.29) is 36.5 Å². The van der Waals surface area contributed by atoms with Crippen LogP contribution >= 0.6 is 0 Å². The van der Waals surface area contributed by atoms with E-state index in [2.05, 4.69) is 4.98 Å². The minimum Gasteiger partial charge on any atom is -0.365 e. The van der Waals surface area contributed by atoms with Gasteiger partial charge in [0, 0.05) is 45.2 Å². The zero-order chi connectivity index (χ0) is 22.0. The van der Waals surface area contributed by atoms with Crippen LogP contribution in [0.4, 0.5) is 11.5 Å². The van der Waals surface area contributed by atoms with Crippen LogP contribution in [0.3, 0.4) is 0 Å². The number of nitrogens with zero attached hydrogens (tertiary/aromatic N) is 5. The zero-order valence-electron chi connectivity index (χ0n) is 16.8. The fourth-order valence-corrected chi connectivity index (χ4v) is 3.88. The molecule has 1 aromatic carbocycles. The number of amides is 3. The Morgan fingerprint density at radius 3 is 2.19 bits per heavy atom. The standard InChI is InChI=1S/C21H21N5O5/c27-19(6-3-9-25-20(28)16-4-1-2-5-17(16)21(25)29)24-12-10-23(11-13-24)15-7-8-18(22-14-15)26(30)31/h1-2,4-5,7-8,14H,3,6,9-13H2. The fraction of sp³-hybridized carbons (Fsp3) is 0.333. The summed E-state index contributed by atoms with van der Waals surface area (Å²) >= 11 is 0. The Labute approximate surface area is 178 Å². The van der Waals surface area contributed by atoms with E-state index in [1.54, 1.807) is 35.2 Å². The van der Waals surface area contributed by atoms with E-state index < -0.39 is 4.92 Å². The van der Waals surface area contributed by atoms with Crippen molar-refractivity contribution in [2.24, 2.45) is 0 Å². The van der Waals surface area contributed by atoms with Gasteiger partial charge in [-0.1, -0.05) is 12.1 Å². The van der Waals surface area contributed by atoms with Gasteiger partial charge in [0.05, 0.1) is 16.8 Å². The van der Waals surface area contributed by atoms with Crippen LogP contribution < -0.4 is 4.90 Å². The van der Waals surface area contributed by atoms with Gasteiger partial charge in [0.25, 0.3) is 11.8 Å². The topological polar surface area (TPSA) is 117 Å². The van der Waals surface area contributed by atoms with Crippen LogP contribution in [0, 0.1) is 10.1 Å². The van der Waals surface area contributed by atoms with Crippen molar-refractivity contribution in [2.75, 3.05) is 37.6 Å². The summed E-state index contributed by atoms with van der Waals surface area (Å²) in [6, 6.07) is 9.75. The van der Waals surface area contributed by atoms with Gasteiger partial charge in [-0.15, -0.1) is 0 Å². The number of carbonyl (C=O) groups excluding carboxylic acids is 3. The number of fused-ring (bicyclic) bond motifs is 1. The molecule has 0 atom stereocenters. The largest absolute Gasteiger partial charge is 0.365 e. The molecule has 2 aromatic rings. The number of piperazine rings is 1. The van der Waals surface area contributed by atoms with Crippen LogP contribution in [-0.2, 0) is 4.79 Å². The second-order valence-corrected chi connectivity index (χ2v) is 7.41. The van der Waals surface area contributed by atoms with Crippen molar-refractivity contribution in [3.63, 3.8) is 0 Å². The first-order valence-electron chi connectivity index (χ1n) is 10.0. The molecule has 10 heteroatoms. The van der Waals surface area contributed by atoms with Gasteiger partial charge in [0.2, 0.25) is 5.91 Å². The van der Waals surface area contributed by atoms with Crippen molar-refractivity contribution in [1.29, 1.82) is 0 Å². The molecule has 1 aromatic heterocycles. The summed E-state index contributed by atoms with van der Waals surface area (Å²) in [5.41, 5.74) is 1.61. The van der Waals surface area contributed by atoms with Crippen molar-refractivity contribution >= 4 is 29.2 Å². The van der Waals surface area contributed by atoms with Crippen LogP contribution in [-0.4, -0.2) is 70.2 Å². The minimum atomic E-state index is -0.539. The molecular weight excluding hydrogens is 402 g/mol. The molecule has 10 nitrogen and oxygen atoms in total. The van der Waals surface area contributed by atoms with Crippen LogP contribution in [0.2, 0.25) is 0 Å². The zero-order valence-corrected chi connectivity index (χ0v) is 16.8. The van der Waals surface area contributed by atoms with Crippen molar-refractivity contribution in [1.82, 2.24) is 14.8 Å². The van der Waals surface area contributed by atoms with Gasteiger partial charge < -0.3 is 19.9 Å². The highest BCUT2D eigenvalue weighted by Crippen LogP contribution is 2.23. The number of benzene rings is 1. The average Bonchev–Trinajstić information content (AvgIpc) is 3.04. The average molecular weight is 423 g/mol. The Balaban J connectivity index is 1.24. The number of nitro groups is 1. The lowest BCUT2D eigenvalue weighted by Crippen LogP contribution is -2.49. The Morgan fingerprint density at radius 2 is 1.65 bits per heavy atom. The van der Waals surface area contributed by atoms with E-state index in [4.69, 9.17) is 0 Å². The number of carbonyl (C=O) groups is 3. The molecule has 160 valence electrons. The molecule has 2 aliphatic rings. The molecule has 0 radical (unpaired) electrons. The molecule has 31 heavy (non-hydrogen) atoms. The number of imide groups is 1. The first-order valence-corrected chi connectivity index (χ1v) is 10.0. The lowest BCUT2D eigenvalue weighted by atomic mass is 10.1. The van der Waals surface area contributed by atoms with Gasteiger partial charge in [-0.3, -0.25) is 19.3 Å². The van der Waals surface area contributed by atoms with Crippen LogP contribution in [0.5, 0.6) is 0 Å². The Hall–Kier alpha value is -3.82. The summed E-state index contributed by atoms with van der Waals surface area (Å²) in [5, 5.41) is 10.7.